The zero-order chi connectivity index (χ0) is 9.40. The topological polar surface area (TPSA) is 55.1 Å². The highest BCUT2D eigenvalue weighted by Crippen LogP contribution is 2.04. The SMILES string of the molecule is CCC=C(CCCNC)C(N)=O. The minimum atomic E-state index is -0.284. The van der Waals surface area contributed by atoms with Gasteiger partial charge in [0, 0.05) is 5.57 Å². The normalized spacial score (nSPS) is 11.7. The first-order valence-electron chi connectivity index (χ1n) is 4.35. The first kappa shape index (κ1) is 11.2. The second kappa shape index (κ2) is 6.85. The second-order valence-electron chi connectivity index (χ2n) is 2.71. The maximum atomic E-state index is 10.8. The van der Waals surface area contributed by atoms with Gasteiger partial charge in [-0.15, -0.1) is 0 Å². The molecule has 0 saturated heterocycles. The minimum Gasteiger partial charge on any atom is -0.366 e. The zero-order valence-corrected chi connectivity index (χ0v) is 7.89. The van der Waals surface area contributed by atoms with E-state index < -0.39 is 0 Å². The molecule has 0 saturated carbocycles. The molecule has 0 aliphatic carbocycles. The van der Waals surface area contributed by atoms with Crippen LogP contribution in [0.5, 0.6) is 0 Å². The van der Waals surface area contributed by atoms with Crippen molar-refractivity contribution in [1.29, 1.82) is 0 Å². The maximum absolute atomic E-state index is 10.8. The Bertz CT molecular complexity index is 164. The summed E-state index contributed by atoms with van der Waals surface area (Å²) in [6.07, 6.45) is 4.52. The fraction of sp³-hybridized carbons (Fsp3) is 0.667. The van der Waals surface area contributed by atoms with Gasteiger partial charge in [-0.1, -0.05) is 13.0 Å². The summed E-state index contributed by atoms with van der Waals surface area (Å²) in [5.41, 5.74) is 5.93. The van der Waals surface area contributed by atoms with Gasteiger partial charge >= 0.3 is 0 Å². The van der Waals surface area contributed by atoms with Gasteiger partial charge in [-0.05, 0) is 32.9 Å². The van der Waals surface area contributed by atoms with E-state index in [-0.39, 0.29) is 5.91 Å². The molecule has 0 radical (unpaired) electrons. The number of allylic oxidation sites excluding steroid dienone is 1. The third kappa shape index (κ3) is 4.91. The minimum absolute atomic E-state index is 0.284. The highest BCUT2D eigenvalue weighted by molar-refractivity contribution is 5.91. The molecular formula is C9H18N2O. The molecule has 0 aromatic carbocycles. The average molecular weight is 170 g/mol. The smallest absolute Gasteiger partial charge is 0.244 e. The number of carbonyl (C=O) groups is 1. The molecule has 0 spiro atoms. The van der Waals surface area contributed by atoms with Crippen LogP contribution in [0.25, 0.3) is 0 Å². The number of hydrogen-bond acceptors (Lipinski definition) is 2. The molecule has 0 fully saturated rings. The standard InChI is InChI=1S/C9H18N2O/c1-3-5-8(9(10)12)6-4-7-11-2/h5,11H,3-4,6-7H2,1-2H3,(H2,10,12). The van der Waals surface area contributed by atoms with Gasteiger partial charge in [-0.25, -0.2) is 0 Å². The van der Waals surface area contributed by atoms with E-state index in [1.165, 1.54) is 0 Å². The monoisotopic (exact) mass is 170 g/mol. The molecule has 3 nitrogen and oxygen atoms in total. The summed E-state index contributed by atoms with van der Waals surface area (Å²) < 4.78 is 0. The van der Waals surface area contributed by atoms with Crippen LogP contribution in [0, 0.1) is 0 Å². The Morgan fingerprint density at radius 2 is 2.25 bits per heavy atom. The Labute approximate surface area is 74.0 Å². The van der Waals surface area contributed by atoms with E-state index in [9.17, 15) is 4.79 Å². The molecule has 70 valence electrons. The molecule has 3 heteroatoms. The van der Waals surface area contributed by atoms with E-state index in [0.717, 1.165) is 31.4 Å². The number of hydrogen-bond donors (Lipinski definition) is 2. The highest BCUT2D eigenvalue weighted by Gasteiger charge is 2.02. The lowest BCUT2D eigenvalue weighted by molar-refractivity contribution is -0.114. The van der Waals surface area contributed by atoms with E-state index in [2.05, 4.69) is 5.32 Å². The number of nitrogens with one attached hydrogen (secondary N) is 1. The van der Waals surface area contributed by atoms with E-state index in [1.807, 2.05) is 20.0 Å². The Morgan fingerprint density at radius 3 is 2.67 bits per heavy atom. The largest absolute Gasteiger partial charge is 0.366 e. The van der Waals surface area contributed by atoms with Gasteiger partial charge in [0.25, 0.3) is 0 Å². The van der Waals surface area contributed by atoms with Crippen LogP contribution in [0.2, 0.25) is 0 Å². The lowest BCUT2D eigenvalue weighted by atomic mass is 10.1. The predicted octanol–water partition coefficient (Wildman–Crippen LogP) is 0.808. The van der Waals surface area contributed by atoms with Crippen LogP contribution in [0.4, 0.5) is 0 Å². The molecule has 12 heavy (non-hydrogen) atoms. The molecule has 1 amide bonds. The fourth-order valence-electron chi connectivity index (χ4n) is 1.03. The molecule has 0 atom stereocenters. The van der Waals surface area contributed by atoms with Crippen molar-refractivity contribution in [3.8, 4) is 0 Å². The van der Waals surface area contributed by atoms with Crippen molar-refractivity contribution >= 4 is 5.91 Å². The third-order valence-corrected chi connectivity index (χ3v) is 1.64. The van der Waals surface area contributed by atoms with E-state index in [1.54, 1.807) is 0 Å². The van der Waals surface area contributed by atoms with Crippen LogP contribution in [0.3, 0.4) is 0 Å². The first-order valence-corrected chi connectivity index (χ1v) is 4.35. The molecule has 0 aliphatic rings. The van der Waals surface area contributed by atoms with Crippen molar-refractivity contribution in [2.45, 2.75) is 26.2 Å². The van der Waals surface area contributed by atoms with Crippen molar-refractivity contribution in [2.24, 2.45) is 5.73 Å². The Kier molecular flexibility index (Phi) is 6.38. The summed E-state index contributed by atoms with van der Waals surface area (Å²) in [5.74, 6) is -0.284. The molecule has 0 bridgehead atoms. The molecule has 0 unspecified atom stereocenters. The third-order valence-electron chi connectivity index (χ3n) is 1.64. The quantitative estimate of drug-likeness (QED) is 0.458. The van der Waals surface area contributed by atoms with Crippen LogP contribution in [0.15, 0.2) is 11.6 Å². The Hall–Kier alpha value is -0.830. The first-order chi connectivity index (χ1) is 5.72. The van der Waals surface area contributed by atoms with Gasteiger partial charge in [0.1, 0.15) is 0 Å². The summed E-state index contributed by atoms with van der Waals surface area (Å²) in [5, 5.41) is 3.02. The molecular weight excluding hydrogens is 152 g/mol. The van der Waals surface area contributed by atoms with Crippen molar-refractivity contribution in [1.82, 2.24) is 5.32 Å². The number of rotatable bonds is 6. The summed E-state index contributed by atoms with van der Waals surface area (Å²) in [6.45, 7) is 2.93. The molecule has 3 N–H and O–H groups in total. The van der Waals surface area contributed by atoms with E-state index in [0.29, 0.717) is 0 Å². The van der Waals surface area contributed by atoms with Gasteiger partial charge in [0.2, 0.25) is 5.91 Å². The second-order valence-corrected chi connectivity index (χ2v) is 2.71. The number of amides is 1. The summed E-state index contributed by atoms with van der Waals surface area (Å²) >= 11 is 0. The Morgan fingerprint density at radius 1 is 1.58 bits per heavy atom. The summed E-state index contributed by atoms with van der Waals surface area (Å²) in [7, 11) is 1.90. The Balaban J connectivity index is 3.81. The van der Waals surface area contributed by atoms with Gasteiger partial charge in [0.05, 0.1) is 0 Å². The summed E-state index contributed by atoms with van der Waals surface area (Å²) in [6, 6.07) is 0. The van der Waals surface area contributed by atoms with Crippen molar-refractivity contribution in [3.05, 3.63) is 11.6 Å². The van der Waals surface area contributed by atoms with Crippen LogP contribution >= 0.6 is 0 Å². The van der Waals surface area contributed by atoms with Gasteiger partial charge in [-0.2, -0.15) is 0 Å². The van der Waals surface area contributed by atoms with Gasteiger partial charge in [0.15, 0.2) is 0 Å². The fourth-order valence-corrected chi connectivity index (χ4v) is 1.03. The predicted molar refractivity (Wildman–Crippen MR) is 50.7 cm³/mol. The van der Waals surface area contributed by atoms with E-state index >= 15 is 0 Å². The molecule has 0 aromatic rings. The van der Waals surface area contributed by atoms with Gasteiger partial charge in [-0.3, -0.25) is 4.79 Å². The van der Waals surface area contributed by atoms with Crippen LogP contribution in [-0.2, 0) is 4.79 Å². The molecule has 0 rings (SSSR count). The lowest BCUT2D eigenvalue weighted by Crippen LogP contribution is -2.15. The molecule has 0 heterocycles. The molecule has 0 aliphatic heterocycles. The number of carbonyl (C=O) groups excluding carboxylic acids is 1. The highest BCUT2D eigenvalue weighted by atomic mass is 16.1. The van der Waals surface area contributed by atoms with Crippen LogP contribution < -0.4 is 11.1 Å². The van der Waals surface area contributed by atoms with Crippen molar-refractivity contribution in [2.75, 3.05) is 13.6 Å². The van der Waals surface area contributed by atoms with Crippen LogP contribution in [-0.4, -0.2) is 19.5 Å². The van der Waals surface area contributed by atoms with Gasteiger partial charge < -0.3 is 11.1 Å². The van der Waals surface area contributed by atoms with Crippen molar-refractivity contribution in [3.63, 3.8) is 0 Å². The lowest BCUT2D eigenvalue weighted by Gasteiger charge is -2.02. The number of nitrogens with two attached hydrogens (primary N) is 1. The molecule has 0 aromatic heterocycles. The zero-order valence-electron chi connectivity index (χ0n) is 7.89. The maximum Gasteiger partial charge on any atom is 0.244 e. The number of primary amides is 1. The van der Waals surface area contributed by atoms with E-state index in [4.69, 9.17) is 5.73 Å². The van der Waals surface area contributed by atoms with Crippen molar-refractivity contribution < 1.29 is 4.79 Å². The average Bonchev–Trinajstić information content (AvgIpc) is 2.03. The van der Waals surface area contributed by atoms with Crippen LogP contribution in [0.1, 0.15) is 26.2 Å². The summed E-state index contributed by atoms with van der Waals surface area (Å²) in [4.78, 5) is 10.8.